The molecule has 1 heterocycles. The Kier molecular flexibility index (Phi) is 4.31. The van der Waals surface area contributed by atoms with Gasteiger partial charge in [0, 0.05) is 23.7 Å². The van der Waals surface area contributed by atoms with Crippen molar-refractivity contribution in [3.05, 3.63) is 72.8 Å². The predicted octanol–water partition coefficient (Wildman–Crippen LogP) is 3.88. The molecule has 20 heavy (non-hydrogen) atoms. The summed E-state index contributed by atoms with van der Waals surface area (Å²) in [6.45, 7) is 11.9. The van der Waals surface area contributed by atoms with Gasteiger partial charge in [-0.1, -0.05) is 43.0 Å². The molecule has 0 aliphatic carbocycles. The number of nitrogens with zero attached hydrogens (tertiary/aromatic N) is 2. The first-order valence-electron chi connectivity index (χ1n) is 6.51. The Morgan fingerprint density at radius 2 is 1.80 bits per heavy atom. The quantitative estimate of drug-likeness (QED) is 0.834. The lowest BCUT2D eigenvalue weighted by atomic mass is 9.99. The largest absolute Gasteiger partial charge is 0.378 e. The molecule has 1 aromatic heterocycles. The number of rotatable bonds is 5. The van der Waals surface area contributed by atoms with Gasteiger partial charge in [0.25, 0.3) is 0 Å². The molecule has 2 rings (SSSR count). The van der Waals surface area contributed by atoms with E-state index in [1.54, 1.807) is 18.6 Å². The standard InChI is InChI=1S/C17H19N3/c1-12(2)17(20-13(3)4)15-7-5-14(6-8-15)16-11-18-9-10-19-16/h5-11,17,20H,1,3H2,2,4H3. The van der Waals surface area contributed by atoms with Gasteiger partial charge in [0.1, 0.15) is 0 Å². The van der Waals surface area contributed by atoms with Gasteiger partial charge in [-0.15, -0.1) is 0 Å². The van der Waals surface area contributed by atoms with Crippen LogP contribution >= 0.6 is 0 Å². The molecule has 1 atom stereocenters. The van der Waals surface area contributed by atoms with Crippen LogP contribution in [0.25, 0.3) is 11.3 Å². The van der Waals surface area contributed by atoms with E-state index in [1.807, 2.05) is 13.8 Å². The zero-order chi connectivity index (χ0) is 14.5. The molecule has 0 aliphatic rings. The first kappa shape index (κ1) is 14.0. The summed E-state index contributed by atoms with van der Waals surface area (Å²) in [4.78, 5) is 8.38. The summed E-state index contributed by atoms with van der Waals surface area (Å²) in [6, 6.07) is 8.35. The van der Waals surface area contributed by atoms with E-state index in [2.05, 4.69) is 52.7 Å². The minimum atomic E-state index is 0.0865. The second-order valence-corrected chi connectivity index (χ2v) is 4.92. The minimum Gasteiger partial charge on any atom is -0.378 e. The number of aromatic nitrogens is 2. The van der Waals surface area contributed by atoms with Gasteiger partial charge in [-0.2, -0.15) is 0 Å². The van der Waals surface area contributed by atoms with E-state index in [0.717, 1.165) is 28.1 Å². The molecule has 2 aromatic rings. The molecule has 0 amide bonds. The molecule has 0 saturated carbocycles. The summed E-state index contributed by atoms with van der Waals surface area (Å²) in [5.74, 6) is 0. The van der Waals surface area contributed by atoms with Crippen LogP contribution in [0, 0.1) is 0 Å². The van der Waals surface area contributed by atoms with Crippen LogP contribution in [0.5, 0.6) is 0 Å². The van der Waals surface area contributed by atoms with Crippen molar-refractivity contribution in [2.75, 3.05) is 0 Å². The topological polar surface area (TPSA) is 37.8 Å². The summed E-state index contributed by atoms with van der Waals surface area (Å²) in [5, 5.41) is 3.33. The van der Waals surface area contributed by atoms with E-state index in [4.69, 9.17) is 0 Å². The third-order valence-electron chi connectivity index (χ3n) is 2.99. The van der Waals surface area contributed by atoms with Crippen molar-refractivity contribution in [1.29, 1.82) is 0 Å². The van der Waals surface area contributed by atoms with Crippen molar-refractivity contribution in [3.8, 4) is 11.3 Å². The lowest BCUT2D eigenvalue weighted by molar-refractivity contribution is 0.683. The first-order chi connectivity index (χ1) is 9.58. The van der Waals surface area contributed by atoms with E-state index in [9.17, 15) is 0 Å². The Hall–Kier alpha value is -2.42. The Morgan fingerprint density at radius 3 is 2.30 bits per heavy atom. The van der Waals surface area contributed by atoms with E-state index in [1.165, 1.54) is 0 Å². The molecular weight excluding hydrogens is 246 g/mol. The second kappa shape index (κ2) is 6.15. The summed E-state index contributed by atoms with van der Waals surface area (Å²) < 4.78 is 0. The molecule has 3 nitrogen and oxygen atoms in total. The van der Waals surface area contributed by atoms with Crippen LogP contribution in [0.15, 0.2) is 67.3 Å². The fraction of sp³-hybridized carbons (Fsp3) is 0.176. The number of hydrogen-bond donors (Lipinski definition) is 1. The predicted molar refractivity (Wildman–Crippen MR) is 83.0 cm³/mol. The maximum atomic E-state index is 4.30. The molecule has 3 heteroatoms. The SMILES string of the molecule is C=C(C)NC(C(=C)C)c1ccc(-c2cnccn2)cc1. The average Bonchev–Trinajstić information content (AvgIpc) is 2.45. The molecule has 0 fully saturated rings. The zero-order valence-corrected chi connectivity index (χ0v) is 11.9. The van der Waals surface area contributed by atoms with Gasteiger partial charge < -0.3 is 5.32 Å². The average molecular weight is 265 g/mol. The maximum absolute atomic E-state index is 4.30. The monoisotopic (exact) mass is 265 g/mol. The Morgan fingerprint density at radius 1 is 1.10 bits per heavy atom. The van der Waals surface area contributed by atoms with E-state index in [0.29, 0.717) is 0 Å². The van der Waals surface area contributed by atoms with Crippen LogP contribution in [0.3, 0.4) is 0 Å². The number of hydrogen-bond acceptors (Lipinski definition) is 3. The molecule has 0 radical (unpaired) electrons. The molecule has 102 valence electrons. The first-order valence-corrected chi connectivity index (χ1v) is 6.51. The van der Waals surface area contributed by atoms with Crippen LogP contribution in [0.1, 0.15) is 25.5 Å². The Bertz CT molecular complexity index is 600. The van der Waals surface area contributed by atoms with Gasteiger partial charge in [0.05, 0.1) is 17.9 Å². The molecule has 0 saturated heterocycles. The van der Waals surface area contributed by atoms with Gasteiger partial charge in [0.2, 0.25) is 0 Å². The third kappa shape index (κ3) is 3.32. The highest BCUT2D eigenvalue weighted by Crippen LogP contribution is 2.24. The molecule has 1 N–H and O–H groups in total. The lowest BCUT2D eigenvalue weighted by Gasteiger charge is -2.20. The number of allylic oxidation sites excluding steroid dienone is 1. The highest BCUT2D eigenvalue weighted by atomic mass is 14.9. The fourth-order valence-electron chi connectivity index (χ4n) is 2.03. The van der Waals surface area contributed by atoms with Crippen molar-refractivity contribution in [2.24, 2.45) is 0 Å². The lowest BCUT2D eigenvalue weighted by Crippen LogP contribution is -2.19. The van der Waals surface area contributed by atoms with Crippen LogP contribution in [-0.4, -0.2) is 9.97 Å². The molecule has 0 spiro atoms. The van der Waals surface area contributed by atoms with Crippen LogP contribution < -0.4 is 5.32 Å². The van der Waals surface area contributed by atoms with Crippen LogP contribution in [-0.2, 0) is 0 Å². The third-order valence-corrected chi connectivity index (χ3v) is 2.99. The fourth-order valence-corrected chi connectivity index (χ4v) is 2.03. The summed E-state index contributed by atoms with van der Waals surface area (Å²) in [6.07, 6.45) is 5.13. The molecule has 0 aliphatic heterocycles. The van der Waals surface area contributed by atoms with Crippen molar-refractivity contribution in [3.63, 3.8) is 0 Å². The Balaban J connectivity index is 2.27. The van der Waals surface area contributed by atoms with Crippen molar-refractivity contribution >= 4 is 0 Å². The summed E-state index contributed by atoms with van der Waals surface area (Å²) in [5.41, 5.74) is 5.07. The molecule has 1 aromatic carbocycles. The molecule has 1 unspecified atom stereocenters. The smallest absolute Gasteiger partial charge is 0.0885 e. The zero-order valence-electron chi connectivity index (χ0n) is 11.9. The van der Waals surface area contributed by atoms with Crippen molar-refractivity contribution in [2.45, 2.75) is 19.9 Å². The van der Waals surface area contributed by atoms with Gasteiger partial charge in [-0.3, -0.25) is 9.97 Å². The minimum absolute atomic E-state index is 0.0865. The van der Waals surface area contributed by atoms with E-state index < -0.39 is 0 Å². The molecular formula is C17H19N3. The van der Waals surface area contributed by atoms with Gasteiger partial charge in [-0.05, 0) is 19.4 Å². The van der Waals surface area contributed by atoms with Gasteiger partial charge in [-0.25, -0.2) is 0 Å². The summed E-state index contributed by atoms with van der Waals surface area (Å²) >= 11 is 0. The summed E-state index contributed by atoms with van der Waals surface area (Å²) in [7, 11) is 0. The second-order valence-electron chi connectivity index (χ2n) is 4.92. The van der Waals surface area contributed by atoms with Crippen LogP contribution in [0.2, 0.25) is 0 Å². The van der Waals surface area contributed by atoms with Crippen molar-refractivity contribution in [1.82, 2.24) is 15.3 Å². The highest BCUT2D eigenvalue weighted by molar-refractivity contribution is 5.58. The normalized spacial score (nSPS) is 11.7. The van der Waals surface area contributed by atoms with E-state index >= 15 is 0 Å². The van der Waals surface area contributed by atoms with Crippen molar-refractivity contribution < 1.29 is 0 Å². The van der Waals surface area contributed by atoms with Crippen LogP contribution in [0.4, 0.5) is 0 Å². The van der Waals surface area contributed by atoms with E-state index in [-0.39, 0.29) is 6.04 Å². The Labute approximate surface area is 120 Å². The van der Waals surface area contributed by atoms with Gasteiger partial charge in [0.15, 0.2) is 0 Å². The van der Waals surface area contributed by atoms with Gasteiger partial charge >= 0.3 is 0 Å². The molecule has 0 bridgehead atoms. The number of benzene rings is 1. The number of nitrogens with one attached hydrogen (secondary N) is 1. The highest BCUT2D eigenvalue weighted by Gasteiger charge is 2.11. The maximum Gasteiger partial charge on any atom is 0.0885 e.